The molecule has 0 saturated carbocycles. The monoisotopic (exact) mass is 440 g/mol. The fraction of sp³-hybridized carbons (Fsp3) is 0.143. The molecule has 0 amide bonds. The van der Waals surface area contributed by atoms with Crippen molar-refractivity contribution in [2.75, 3.05) is 0 Å². The second kappa shape index (κ2) is 7.12. The summed E-state index contributed by atoms with van der Waals surface area (Å²) in [6.45, 7) is 0.242. The predicted molar refractivity (Wildman–Crippen MR) is 87.1 cm³/mol. The zero-order valence-corrected chi connectivity index (χ0v) is 14.8. The first-order valence-electron chi connectivity index (χ1n) is 5.62. The first-order chi connectivity index (χ1) is 9.51. The molecule has 0 fully saturated rings. The number of ether oxygens (including phenoxy) is 1. The van der Waals surface area contributed by atoms with Crippen molar-refractivity contribution in [1.82, 2.24) is 0 Å². The Balaban J connectivity index is 2.16. The van der Waals surface area contributed by atoms with Crippen LogP contribution in [-0.4, -0.2) is 0 Å². The van der Waals surface area contributed by atoms with Gasteiger partial charge in [0.25, 0.3) is 0 Å². The maximum Gasteiger partial charge on any atom is 0.148 e. The lowest BCUT2D eigenvalue weighted by Gasteiger charge is -2.12. The van der Waals surface area contributed by atoms with Gasteiger partial charge in [0.15, 0.2) is 0 Å². The summed E-state index contributed by atoms with van der Waals surface area (Å²) in [4.78, 5) is 0. The minimum absolute atomic E-state index is 0.0996. The van der Waals surface area contributed by atoms with E-state index in [4.69, 9.17) is 27.9 Å². The molecule has 0 aliphatic rings. The molecule has 0 N–H and O–H groups in total. The van der Waals surface area contributed by atoms with Crippen LogP contribution >= 0.6 is 55.1 Å². The molecule has 20 heavy (non-hydrogen) atoms. The number of rotatable bonds is 4. The molecule has 0 radical (unpaired) electrons. The molecule has 0 atom stereocenters. The van der Waals surface area contributed by atoms with Gasteiger partial charge < -0.3 is 4.74 Å². The van der Waals surface area contributed by atoms with Gasteiger partial charge >= 0.3 is 0 Å². The lowest BCUT2D eigenvalue weighted by Crippen LogP contribution is -1.98. The van der Waals surface area contributed by atoms with Gasteiger partial charge in [0, 0.05) is 5.88 Å². The zero-order valence-electron chi connectivity index (χ0n) is 10.1. The lowest BCUT2D eigenvalue weighted by molar-refractivity contribution is 0.301. The van der Waals surface area contributed by atoms with Gasteiger partial charge in [0.2, 0.25) is 0 Å². The number of hydrogen-bond donors (Lipinski definition) is 0. The van der Waals surface area contributed by atoms with E-state index in [1.165, 1.54) is 12.1 Å². The predicted octanol–water partition coefficient (Wildman–Crippen LogP) is 6.32. The lowest BCUT2D eigenvalue weighted by atomic mass is 10.2. The minimum Gasteiger partial charge on any atom is -0.487 e. The fourth-order valence-corrected chi connectivity index (χ4v) is 3.39. The standard InChI is InChI=1S/C14H9Br2Cl2FO/c15-10-3-9(6-17)4-11(16)14(10)20-7-8-1-2-12(18)13(19)5-8/h1-5H,6-7H2. The van der Waals surface area contributed by atoms with E-state index >= 15 is 0 Å². The molecule has 0 heterocycles. The minimum atomic E-state index is -0.455. The molecule has 6 heteroatoms. The van der Waals surface area contributed by atoms with Crippen molar-refractivity contribution in [3.05, 3.63) is 61.2 Å². The summed E-state index contributed by atoms with van der Waals surface area (Å²) in [5.74, 6) is 0.609. The first-order valence-corrected chi connectivity index (χ1v) is 8.11. The molecule has 0 spiro atoms. The van der Waals surface area contributed by atoms with Gasteiger partial charge in [0.1, 0.15) is 18.2 Å². The van der Waals surface area contributed by atoms with Crippen LogP contribution < -0.4 is 4.74 Å². The molecular formula is C14H9Br2Cl2FO. The van der Waals surface area contributed by atoms with Crippen LogP contribution in [0.4, 0.5) is 4.39 Å². The molecule has 2 aromatic carbocycles. The summed E-state index contributed by atoms with van der Waals surface area (Å²) >= 11 is 18.3. The van der Waals surface area contributed by atoms with Crippen LogP contribution in [0.15, 0.2) is 39.3 Å². The van der Waals surface area contributed by atoms with Crippen LogP contribution in [0.3, 0.4) is 0 Å². The molecule has 0 bridgehead atoms. The van der Waals surface area contributed by atoms with Gasteiger partial charge in [-0.05, 0) is 67.3 Å². The number of halogens is 5. The van der Waals surface area contributed by atoms with Crippen LogP contribution in [0.1, 0.15) is 11.1 Å². The van der Waals surface area contributed by atoms with Crippen molar-refractivity contribution in [3.63, 3.8) is 0 Å². The van der Waals surface area contributed by atoms with Crippen molar-refractivity contribution in [3.8, 4) is 5.75 Å². The quantitative estimate of drug-likeness (QED) is 0.503. The average molecular weight is 443 g/mol. The Hall–Kier alpha value is -0.290. The van der Waals surface area contributed by atoms with E-state index in [0.29, 0.717) is 17.2 Å². The van der Waals surface area contributed by atoms with Gasteiger partial charge in [-0.2, -0.15) is 0 Å². The molecule has 0 aliphatic heterocycles. The van der Waals surface area contributed by atoms with Crippen LogP contribution in [0.2, 0.25) is 5.02 Å². The van der Waals surface area contributed by atoms with Crippen molar-refractivity contribution >= 4 is 55.1 Å². The molecule has 2 aromatic rings. The molecule has 0 saturated heterocycles. The summed E-state index contributed by atoms with van der Waals surface area (Å²) in [6, 6.07) is 8.36. The summed E-state index contributed by atoms with van der Waals surface area (Å²) < 4.78 is 20.6. The Labute approximate surface area is 143 Å². The van der Waals surface area contributed by atoms with Gasteiger partial charge in [0.05, 0.1) is 14.0 Å². The number of benzene rings is 2. The third-order valence-electron chi connectivity index (χ3n) is 2.58. The van der Waals surface area contributed by atoms with E-state index in [-0.39, 0.29) is 11.6 Å². The molecule has 0 unspecified atom stereocenters. The largest absolute Gasteiger partial charge is 0.487 e. The maximum atomic E-state index is 13.3. The Kier molecular flexibility index (Phi) is 5.73. The molecule has 106 valence electrons. The highest BCUT2D eigenvalue weighted by Crippen LogP contribution is 2.35. The molecular weight excluding hydrogens is 434 g/mol. The van der Waals surface area contributed by atoms with E-state index in [1.54, 1.807) is 6.07 Å². The van der Waals surface area contributed by atoms with Crippen molar-refractivity contribution in [2.45, 2.75) is 12.5 Å². The fourth-order valence-electron chi connectivity index (χ4n) is 1.61. The van der Waals surface area contributed by atoms with E-state index in [1.807, 2.05) is 12.1 Å². The number of hydrogen-bond acceptors (Lipinski definition) is 1. The average Bonchev–Trinajstić information content (AvgIpc) is 2.41. The molecule has 1 nitrogen and oxygen atoms in total. The van der Waals surface area contributed by atoms with E-state index in [0.717, 1.165) is 14.5 Å². The van der Waals surface area contributed by atoms with Crippen LogP contribution in [0, 0.1) is 5.82 Å². The molecule has 0 aromatic heterocycles. The van der Waals surface area contributed by atoms with E-state index < -0.39 is 5.82 Å². The maximum absolute atomic E-state index is 13.3. The summed E-state index contributed by atoms with van der Waals surface area (Å²) in [5.41, 5.74) is 1.67. The van der Waals surface area contributed by atoms with Crippen LogP contribution in [-0.2, 0) is 12.5 Å². The van der Waals surface area contributed by atoms with Gasteiger partial charge in [-0.3, -0.25) is 0 Å². The van der Waals surface area contributed by atoms with Crippen LogP contribution in [0.5, 0.6) is 5.75 Å². The van der Waals surface area contributed by atoms with E-state index in [2.05, 4.69) is 31.9 Å². The first kappa shape index (κ1) is 16.1. The highest BCUT2D eigenvalue weighted by atomic mass is 79.9. The summed E-state index contributed by atoms with van der Waals surface area (Å²) in [7, 11) is 0. The van der Waals surface area contributed by atoms with Crippen LogP contribution in [0.25, 0.3) is 0 Å². The van der Waals surface area contributed by atoms with Gasteiger partial charge in [-0.25, -0.2) is 4.39 Å². The Morgan fingerprint density at radius 2 is 1.70 bits per heavy atom. The van der Waals surface area contributed by atoms with Gasteiger partial charge in [-0.15, -0.1) is 11.6 Å². The van der Waals surface area contributed by atoms with E-state index in [9.17, 15) is 4.39 Å². The normalized spacial score (nSPS) is 10.7. The third-order valence-corrected chi connectivity index (χ3v) is 4.37. The second-order valence-corrected chi connectivity index (χ2v) is 6.44. The topological polar surface area (TPSA) is 9.23 Å². The second-order valence-electron chi connectivity index (χ2n) is 4.06. The highest BCUT2D eigenvalue weighted by molar-refractivity contribution is 9.11. The summed E-state index contributed by atoms with van der Waals surface area (Å²) in [5, 5.41) is 0.0996. The highest BCUT2D eigenvalue weighted by Gasteiger charge is 2.10. The van der Waals surface area contributed by atoms with Crippen molar-refractivity contribution < 1.29 is 9.13 Å². The Bertz CT molecular complexity index is 612. The molecule has 0 aliphatic carbocycles. The summed E-state index contributed by atoms with van der Waals surface area (Å²) in [6.07, 6.45) is 0. The Morgan fingerprint density at radius 1 is 1.05 bits per heavy atom. The number of alkyl halides is 1. The van der Waals surface area contributed by atoms with Crippen molar-refractivity contribution in [1.29, 1.82) is 0 Å². The Morgan fingerprint density at radius 3 is 2.25 bits per heavy atom. The van der Waals surface area contributed by atoms with Gasteiger partial charge in [-0.1, -0.05) is 17.7 Å². The zero-order chi connectivity index (χ0) is 14.7. The third kappa shape index (κ3) is 3.88. The molecule has 2 rings (SSSR count). The SMILES string of the molecule is Fc1cc(COc2c(Br)cc(CCl)cc2Br)ccc1Cl. The van der Waals surface area contributed by atoms with Crippen molar-refractivity contribution in [2.24, 2.45) is 0 Å². The smallest absolute Gasteiger partial charge is 0.148 e.